The number of aliphatic hydroxyl groups is 3. The molecule has 1 fully saturated rings. The molecular weight excluding hydrogens is 372 g/mol. The van der Waals surface area contributed by atoms with Gasteiger partial charge in [-0.3, -0.25) is 4.57 Å². The van der Waals surface area contributed by atoms with Gasteiger partial charge < -0.3 is 25.8 Å². The van der Waals surface area contributed by atoms with Crippen LogP contribution in [0, 0.1) is 0 Å². The number of ether oxygens (including phenoxy) is 1. The monoisotopic (exact) mass is 388 g/mol. The van der Waals surface area contributed by atoms with Gasteiger partial charge >= 0.3 is 0 Å². The van der Waals surface area contributed by atoms with Crippen LogP contribution >= 0.6 is 0 Å². The van der Waals surface area contributed by atoms with Gasteiger partial charge in [0.15, 0.2) is 17.7 Å². The van der Waals surface area contributed by atoms with Crippen molar-refractivity contribution >= 4 is 28.3 Å². The van der Waals surface area contributed by atoms with E-state index in [1.54, 1.807) is 12.4 Å². The number of fused-ring (bicyclic) bond motifs is 2. The van der Waals surface area contributed by atoms with E-state index in [1.165, 1.54) is 17.2 Å². The summed E-state index contributed by atoms with van der Waals surface area (Å²) in [5, 5.41) is 38.6. The lowest BCUT2D eigenvalue weighted by molar-refractivity contribution is -0.0511. The van der Waals surface area contributed by atoms with Gasteiger partial charge in [-0.1, -0.05) is 0 Å². The lowest BCUT2D eigenvalue weighted by Gasteiger charge is -2.16. The van der Waals surface area contributed by atoms with Crippen LogP contribution in [-0.4, -0.2) is 85.1 Å². The number of aromatic amines is 1. The van der Waals surface area contributed by atoms with E-state index >= 15 is 0 Å². The third kappa shape index (κ3) is 3.09. The molecule has 4 aromatic rings. The maximum Gasteiger partial charge on any atom is 0.220 e. The van der Waals surface area contributed by atoms with E-state index in [-0.39, 0.29) is 5.82 Å². The normalized spacial score (nSPS) is 24.4. The average Bonchev–Trinajstić information content (AvgIpc) is 3.42. The zero-order chi connectivity index (χ0) is 19.7. The van der Waals surface area contributed by atoms with E-state index in [1.807, 2.05) is 0 Å². The Hall–Kier alpha value is -3.33. The molecule has 0 amide bonds. The van der Waals surface area contributed by atoms with Crippen LogP contribution in [0.5, 0.6) is 0 Å². The molecule has 0 aromatic carbocycles. The molecule has 14 heteroatoms. The Morgan fingerprint density at radius 2 is 1.75 bits per heavy atom. The molecule has 0 aliphatic carbocycles. The number of aromatic nitrogens is 9. The van der Waals surface area contributed by atoms with E-state index in [2.05, 4.69) is 40.3 Å². The summed E-state index contributed by atoms with van der Waals surface area (Å²) in [6.45, 7) is -0.390. The Morgan fingerprint density at radius 3 is 2.39 bits per heavy atom. The van der Waals surface area contributed by atoms with Crippen LogP contribution in [0.4, 0.5) is 5.82 Å². The van der Waals surface area contributed by atoms with Gasteiger partial charge in [0.05, 0.1) is 12.9 Å². The molecule has 5 rings (SSSR count). The first kappa shape index (κ1) is 18.1. The van der Waals surface area contributed by atoms with Crippen LogP contribution in [0.2, 0.25) is 0 Å². The minimum absolute atomic E-state index is 0.218. The summed E-state index contributed by atoms with van der Waals surface area (Å²) in [5.74, 6) is 0.218. The molecule has 1 aliphatic rings. The smallest absolute Gasteiger partial charge is 0.220 e. The second-order valence-corrected chi connectivity index (χ2v) is 5.84. The number of rotatable bonds is 2. The topological polar surface area (TPSA) is 207 Å². The summed E-state index contributed by atoms with van der Waals surface area (Å²) in [4.78, 5) is 19.6. The van der Waals surface area contributed by atoms with Crippen LogP contribution in [0.15, 0.2) is 25.0 Å². The summed E-state index contributed by atoms with van der Waals surface area (Å²) in [6, 6.07) is 0. The first-order chi connectivity index (χ1) is 13.6. The first-order valence-electron chi connectivity index (χ1n) is 8.13. The number of imidazole rings is 1. The molecule has 146 valence electrons. The predicted molar refractivity (Wildman–Crippen MR) is 92.2 cm³/mol. The van der Waals surface area contributed by atoms with Crippen molar-refractivity contribution < 1.29 is 20.1 Å². The highest BCUT2D eigenvalue weighted by atomic mass is 16.6. The molecule has 28 heavy (non-hydrogen) atoms. The van der Waals surface area contributed by atoms with E-state index in [0.717, 1.165) is 0 Å². The van der Waals surface area contributed by atoms with E-state index < -0.39 is 31.1 Å². The maximum atomic E-state index is 9.95. The summed E-state index contributed by atoms with van der Waals surface area (Å²) in [5.41, 5.74) is 7.55. The fourth-order valence-corrected chi connectivity index (χ4v) is 2.77. The number of nitrogens with one attached hydrogen (secondary N) is 1. The van der Waals surface area contributed by atoms with Gasteiger partial charge in [-0.05, 0) is 0 Å². The predicted octanol–water partition coefficient (Wildman–Crippen LogP) is -2.23. The number of H-pyrrole nitrogens is 1. The van der Waals surface area contributed by atoms with Gasteiger partial charge in [-0.15, -0.1) is 10.2 Å². The molecule has 0 saturated carbocycles. The van der Waals surface area contributed by atoms with E-state index in [4.69, 9.17) is 15.6 Å². The van der Waals surface area contributed by atoms with Gasteiger partial charge in [0.2, 0.25) is 11.3 Å². The molecule has 4 atom stereocenters. The number of nitrogen functional groups attached to an aromatic ring is 1. The van der Waals surface area contributed by atoms with Crippen molar-refractivity contribution in [2.75, 3.05) is 12.3 Å². The Bertz CT molecular complexity index is 1050. The molecule has 14 nitrogen and oxygen atoms in total. The molecule has 0 bridgehead atoms. The van der Waals surface area contributed by atoms with Gasteiger partial charge in [-0.25, -0.2) is 24.9 Å². The van der Waals surface area contributed by atoms with Crippen molar-refractivity contribution in [1.29, 1.82) is 0 Å². The van der Waals surface area contributed by atoms with Crippen molar-refractivity contribution in [2.24, 2.45) is 0 Å². The quantitative estimate of drug-likeness (QED) is 0.247. The minimum atomic E-state index is -1.19. The summed E-state index contributed by atoms with van der Waals surface area (Å²) < 4.78 is 6.85. The van der Waals surface area contributed by atoms with Gasteiger partial charge in [0.25, 0.3) is 0 Å². The fourth-order valence-electron chi connectivity index (χ4n) is 2.77. The molecular formula is C14H16N10O4. The second-order valence-electron chi connectivity index (χ2n) is 5.84. The zero-order valence-electron chi connectivity index (χ0n) is 14.2. The Balaban J connectivity index is 0.000000177. The fraction of sp³-hybridized carbons (Fsp3) is 0.357. The molecule has 1 saturated heterocycles. The molecule has 4 aromatic heterocycles. The van der Waals surface area contributed by atoms with Gasteiger partial charge in [0.1, 0.15) is 30.2 Å². The maximum absolute atomic E-state index is 9.95. The highest BCUT2D eigenvalue weighted by molar-refractivity contribution is 5.81. The lowest BCUT2D eigenvalue weighted by atomic mass is 10.1. The van der Waals surface area contributed by atoms with Crippen molar-refractivity contribution in [2.45, 2.75) is 24.5 Å². The number of nitrogens with zero attached hydrogens (tertiary/aromatic N) is 8. The second kappa shape index (κ2) is 7.35. The van der Waals surface area contributed by atoms with Crippen molar-refractivity contribution in [3.63, 3.8) is 0 Å². The van der Waals surface area contributed by atoms with Crippen molar-refractivity contribution in [1.82, 2.24) is 44.9 Å². The number of hydrogen-bond acceptors (Lipinski definition) is 12. The standard InChI is InChI=1S/C10H13N5O4.C4H3N5/c11-8-5-9(13-2-12-8)15(3-14-5)10-7(18)6(17)4(1-16)19-10;1-2-6-4-3(5-1)7-9-8-4/h2-4,6-7,10,16-18H,1H2,(H2,11,12,13);1-2H,(H,5,6,7,8,9)/t4-,6-,7-,10-;/m1./s1. The van der Waals surface area contributed by atoms with Crippen molar-refractivity contribution in [3.05, 3.63) is 25.0 Å². The molecule has 0 unspecified atom stereocenters. The third-order valence-electron chi connectivity index (χ3n) is 4.15. The Morgan fingerprint density at radius 1 is 1.04 bits per heavy atom. The van der Waals surface area contributed by atoms with Crippen LogP contribution in [0.3, 0.4) is 0 Å². The molecule has 0 radical (unpaired) electrons. The highest BCUT2D eigenvalue weighted by Crippen LogP contribution is 2.31. The van der Waals surface area contributed by atoms with E-state index in [9.17, 15) is 10.2 Å². The average molecular weight is 388 g/mol. The molecule has 5 heterocycles. The molecule has 0 spiro atoms. The number of anilines is 1. The largest absolute Gasteiger partial charge is 0.394 e. The lowest BCUT2D eigenvalue weighted by Crippen LogP contribution is -2.33. The first-order valence-corrected chi connectivity index (χ1v) is 8.13. The van der Waals surface area contributed by atoms with Crippen LogP contribution in [0.1, 0.15) is 6.23 Å². The Labute approximate surface area is 156 Å². The molecule has 6 N–H and O–H groups in total. The van der Waals surface area contributed by atoms with Crippen LogP contribution in [-0.2, 0) is 4.74 Å². The van der Waals surface area contributed by atoms with Gasteiger partial charge in [-0.2, -0.15) is 5.21 Å². The number of nitrogens with two attached hydrogens (primary N) is 1. The minimum Gasteiger partial charge on any atom is -0.394 e. The Kier molecular flexibility index (Phi) is 4.74. The zero-order valence-corrected chi connectivity index (χ0v) is 14.2. The third-order valence-corrected chi connectivity index (χ3v) is 4.15. The molecule has 1 aliphatic heterocycles. The van der Waals surface area contributed by atoms with Crippen LogP contribution < -0.4 is 5.73 Å². The van der Waals surface area contributed by atoms with Crippen molar-refractivity contribution in [3.8, 4) is 0 Å². The number of hydrogen-bond donors (Lipinski definition) is 5. The highest BCUT2D eigenvalue weighted by Gasteiger charge is 2.43. The SMILES string of the molecule is Nc1ncnc2c1ncn2[C@@H]1O[C@H](CO)[C@@H](O)[C@H]1O.c1cnc2n[nH]nc2n1. The van der Waals surface area contributed by atoms with Crippen LogP contribution in [0.25, 0.3) is 22.5 Å². The summed E-state index contributed by atoms with van der Waals surface area (Å²) in [7, 11) is 0. The summed E-state index contributed by atoms with van der Waals surface area (Å²) in [6.07, 6.45) is 1.73. The summed E-state index contributed by atoms with van der Waals surface area (Å²) >= 11 is 0. The number of aliphatic hydroxyl groups excluding tert-OH is 3. The van der Waals surface area contributed by atoms with Gasteiger partial charge in [0, 0.05) is 12.4 Å². The van der Waals surface area contributed by atoms with E-state index in [0.29, 0.717) is 22.5 Å².